The van der Waals surface area contributed by atoms with Gasteiger partial charge in [-0.2, -0.15) is 10.1 Å². The Balaban J connectivity index is 0.000000205. The number of hydrogen-bond acceptors (Lipinski definition) is 11. The van der Waals surface area contributed by atoms with Gasteiger partial charge in [0.15, 0.2) is 0 Å². The van der Waals surface area contributed by atoms with Gasteiger partial charge in [-0.3, -0.25) is 19.3 Å². The second-order valence-corrected chi connectivity index (χ2v) is 13.6. The van der Waals surface area contributed by atoms with Gasteiger partial charge in [0.2, 0.25) is 0 Å². The summed E-state index contributed by atoms with van der Waals surface area (Å²) in [6.45, 7) is 6.71. The van der Waals surface area contributed by atoms with Gasteiger partial charge in [0.05, 0.1) is 54.9 Å². The van der Waals surface area contributed by atoms with Crippen LogP contribution in [0.15, 0.2) is 41.5 Å². The van der Waals surface area contributed by atoms with Crippen LogP contribution in [0.2, 0.25) is 0 Å². The molecule has 4 aliphatic rings. The van der Waals surface area contributed by atoms with Crippen molar-refractivity contribution < 1.29 is 38.6 Å². The highest BCUT2D eigenvalue weighted by Gasteiger charge is 2.57. The van der Waals surface area contributed by atoms with Crippen LogP contribution in [0, 0.1) is 25.9 Å². The molecule has 4 fully saturated rings. The van der Waals surface area contributed by atoms with E-state index in [1.807, 2.05) is 50.2 Å². The van der Waals surface area contributed by atoms with E-state index in [0.717, 1.165) is 20.4 Å². The zero-order chi connectivity index (χ0) is 32.4. The highest BCUT2D eigenvalue weighted by atomic mass is 127. The summed E-state index contributed by atoms with van der Waals surface area (Å²) in [6, 6.07) is 11.0. The molecule has 0 aromatic heterocycles. The maximum atomic E-state index is 12.2. The van der Waals surface area contributed by atoms with E-state index in [1.165, 1.54) is 9.13 Å². The van der Waals surface area contributed by atoms with Gasteiger partial charge in [0.1, 0.15) is 36.1 Å². The van der Waals surface area contributed by atoms with Crippen molar-refractivity contribution in [2.45, 2.75) is 77.8 Å². The first-order valence-corrected chi connectivity index (χ1v) is 16.7. The summed E-state index contributed by atoms with van der Waals surface area (Å²) in [4.78, 5) is 38.8. The number of aliphatic hydroxyl groups excluding tert-OH is 1. The summed E-state index contributed by atoms with van der Waals surface area (Å²) in [5.41, 5.74) is 11.7. The molecule has 2 aromatic carbocycles. The van der Waals surface area contributed by atoms with E-state index in [2.05, 4.69) is 62.1 Å². The molecular weight excluding hydrogens is 824 g/mol. The molecule has 0 radical (unpaired) electrons. The van der Waals surface area contributed by atoms with Crippen molar-refractivity contribution in [1.29, 1.82) is 0 Å². The zero-order valence-corrected chi connectivity index (χ0v) is 29.5. The summed E-state index contributed by atoms with van der Waals surface area (Å²) in [6.07, 6.45) is -1.24. The lowest BCUT2D eigenvalue weighted by molar-refractivity contribution is -0.195. The second kappa shape index (κ2) is 15.8. The number of aliphatic hydroxyl groups is 1. The topological polar surface area (TPSA) is 156 Å². The van der Waals surface area contributed by atoms with E-state index in [0.29, 0.717) is 13.1 Å². The maximum absolute atomic E-state index is 12.2. The molecule has 2 aromatic rings. The van der Waals surface area contributed by atoms with Gasteiger partial charge in [-0.1, -0.05) is 36.8 Å². The Hall–Kier alpha value is -2.25. The second-order valence-electron chi connectivity index (χ2n) is 11.3. The van der Waals surface area contributed by atoms with E-state index < -0.39 is 18.2 Å². The number of methoxy groups -OCH3 is 1. The number of ether oxygens (including phenoxy) is 3. The summed E-state index contributed by atoms with van der Waals surface area (Å²) in [7, 11) is 1.62. The molecule has 250 valence electrons. The fraction of sp³-hybridized carbons (Fsp3) is 0.548. The molecule has 4 saturated heterocycles. The quantitative estimate of drug-likeness (QED) is 0.127. The third kappa shape index (κ3) is 7.26. The number of benzene rings is 2. The van der Waals surface area contributed by atoms with Crippen LogP contribution in [0.1, 0.15) is 38.0 Å². The molecule has 0 aliphatic carbocycles. The summed E-state index contributed by atoms with van der Waals surface area (Å²) in [5.74, 6) is -0.0512. The van der Waals surface area contributed by atoms with E-state index in [4.69, 9.17) is 29.4 Å². The lowest BCUT2D eigenvalue weighted by Crippen LogP contribution is -2.35. The average Bonchev–Trinajstić information content (AvgIpc) is 3.73. The first kappa shape index (κ1) is 36.6. The smallest absolute Gasteiger partial charge is 0.326 e. The standard InChI is InChI=1S/C15H17IN4O3.C15H18INO5.CH4/c1-8-10(4-3-5-11(8)16)7-20-14-13(9(2)22-15(14)21)12(23-20)6-18-19-17;1-8-12-11(7-18)22-17(13(12)15(19)21-8)6-9-4-3-5-10(16)14(9)20-2;/h3-5,9,12-14H,6-7H2,1-2H3;3-5,8,11-13,18H,6-7H2,1-2H3;1H4/t9-,12-,13+,14-;8-,11-,12+,13-;/m00./s1. The van der Waals surface area contributed by atoms with Gasteiger partial charge < -0.3 is 19.3 Å². The molecule has 0 amide bonds. The molecular formula is C31H39I2N5O8. The molecule has 15 heteroatoms. The third-order valence-electron chi connectivity index (χ3n) is 8.71. The van der Waals surface area contributed by atoms with Crippen molar-refractivity contribution in [2.75, 3.05) is 20.3 Å². The minimum absolute atomic E-state index is 0. The minimum atomic E-state index is -0.477. The highest BCUT2D eigenvalue weighted by Crippen LogP contribution is 2.40. The monoisotopic (exact) mass is 863 g/mol. The van der Waals surface area contributed by atoms with E-state index in [1.54, 1.807) is 17.2 Å². The number of halogens is 2. The van der Waals surface area contributed by atoms with Crippen molar-refractivity contribution in [3.8, 4) is 5.75 Å². The van der Waals surface area contributed by atoms with Crippen LogP contribution in [-0.4, -0.2) is 83.9 Å². The molecule has 4 heterocycles. The number of hydroxylamine groups is 4. The van der Waals surface area contributed by atoms with Gasteiger partial charge >= 0.3 is 11.9 Å². The summed E-state index contributed by atoms with van der Waals surface area (Å²) >= 11 is 4.50. The SMILES string of the molecule is C.COc1c(I)cccc1CN1O[C@@H](CO)[C@H]2[C@H](C)OC(=O)[C@H]21.Cc1c(I)cccc1CN1O[C@@H](CN=[N+]=[N-])[C@H]2[C@H](C)OC(=O)[C@H]21. The van der Waals surface area contributed by atoms with Gasteiger partial charge in [-0.15, -0.1) is 0 Å². The first-order valence-electron chi connectivity index (χ1n) is 14.5. The Kier molecular flexibility index (Phi) is 12.5. The number of esters is 2. The van der Waals surface area contributed by atoms with Crippen molar-refractivity contribution >= 4 is 57.1 Å². The van der Waals surface area contributed by atoms with Gasteiger partial charge in [-0.25, -0.2) is 0 Å². The lowest BCUT2D eigenvalue weighted by Gasteiger charge is -2.21. The number of nitrogens with zero attached hydrogens (tertiary/aromatic N) is 5. The van der Waals surface area contributed by atoms with Crippen LogP contribution in [-0.2, 0) is 41.8 Å². The van der Waals surface area contributed by atoms with Crippen LogP contribution >= 0.6 is 45.2 Å². The van der Waals surface area contributed by atoms with Crippen LogP contribution in [0.4, 0.5) is 0 Å². The number of hydrogen-bond donors (Lipinski definition) is 1. The average molecular weight is 863 g/mol. The van der Waals surface area contributed by atoms with Gasteiger partial charge in [0.25, 0.3) is 0 Å². The largest absolute Gasteiger partial charge is 0.495 e. The van der Waals surface area contributed by atoms with Crippen LogP contribution in [0.5, 0.6) is 5.75 Å². The Bertz CT molecular complexity index is 1480. The number of carbonyl (C=O) groups excluding carboxylic acids is 2. The van der Waals surface area contributed by atoms with Crippen molar-refractivity contribution in [2.24, 2.45) is 17.0 Å². The zero-order valence-electron chi connectivity index (χ0n) is 25.2. The number of rotatable bonds is 8. The molecule has 46 heavy (non-hydrogen) atoms. The van der Waals surface area contributed by atoms with Gasteiger partial charge in [0, 0.05) is 14.0 Å². The molecule has 13 nitrogen and oxygen atoms in total. The lowest BCUT2D eigenvalue weighted by atomic mass is 9.92. The van der Waals surface area contributed by atoms with Crippen LogP contribution in [0.3, 0.4) is 0 Å². The van der Waals surface area contributed by atoms with E-state index in [-0.39, 0.29) is 62.7 Å². The fourth-order valence-corrected chi connectivity index (χ4v) is 7.83. The number of carbonyl (C=O) groups is 2. The first-order chi connectivity index (χ1) is 21.6. The maximum Gasteiger partial charge on any atom is 0.326 e. The third-order valence-corrected chi connectivity index (χ3v) is 10.7. The minimum Gasteiger partial charge on any atom is -0.495 e. The molecule has 0 saturated carbocycles. The number of azide groups is 1. The van der Waals surface area contributed by atoms with Gasteiger partial charge in [-0.05, 0) is 94.7 Å². The Labute approximate surface area is 295 Å². The molecule has 6 rings (SSSR count). The predicted octanol–water partition coefficient (Wildman–Crippen LogP) is 4.93. The van der Waals surface area contributed by atoms with Crippen molar-refractivity contribution in [3.05, 3.63) is 70.7 Å². The summed E-state index contributed by atoms with van der Waals surface area (Å²) < 4.78 is 18.3. The number of para-hydroxylation sites is 1. The van der Waals surface area contributed by atoms with E-state index in [9.17, 15) is 14.7 Å². The van der Waals surface area contributed by atoms with Crippen molar-refractivity contribution in [3.63, 3.8) is 0 Å². The van der Waals surface area contributed by atoms with Crippen LogP contribution < -0.4 is 4.74 Å². The van der Waals surface area contributed by atoms with Crippen LogP contribution in [0.25, 0.3) is 10.4 Å². The Morgan fingerprint density at radius 2 is 1.43 bits per heavy atom. The number of fused-ring (bicyclic) bond motifs is 2. The fourth-order valence-electron chi connectivity index (χ4n) is 6.50. The Morgan fingerprint density at radius 1 is 0.913 bits per heavy atom. The molecule has 0 unspecified atom stereocenters. The molecule has 0 bridgehead atoms. The molecule has 8 atom stereocenters. The molecule has 1 N–H and O–H groups in total. The van der Waals surface area contributed by atoms with E-state index >= 15 is 0 Å². The molecule has 4 aliphatic heterocycles. The highest BCUT2D eigenvalue weighted by molar-refractivity contribution is 14.1. The number of cyclic esters (lactones) is 2. The normalized spacial score (nSPS) is 29.9. The Morgan fingerprint density at radius 3 is 2.00 bits per heavy atom. The predicted molar refractivity (Wildman–Crippen MR) is 184 cm³/mol. The van der Waals surface area contributed by atoms with Crippen molar-refractivity contribution in [1.82, 2.24) is 10.1 Å². The molecule has 0 spiro atoms. The summed E-state index contributed by atoms with van der Waals surface area (Å²) in [5, 5.41) is 16.4.